The summed E-state index contributed by atoms with van der Waals surface area (Å²) in [6, 6.07) is 4.19. The molecule has 5 rings (SSSR count). The molecule has 0 radical (unpaired) electrons. The Balaban J connectivity index is 1.88. The largest absolute Gasteiger partial charge is 0.504 e. The smallest absolute Gasteiger partial charge is 0.174 e. The standard InChI is InChI=1S/C17H18INO3/c1-19-7-6-16-13-9-2-3-10(20)14(13)22-15(16)11(21)4-5-17(16,18)12(19)8-9/h2-3,12,15,20H,4-8H2,1H3/t12?,15?,16-,17?/m0/s1. The van der Waals surface area contributed by atoms with E-state index in [9.17, 15) is 9.90 Å². The second-order valence-corrected chi connectivity index (χ2v) is 9.12. The quantitative estimate of drug-likeness (QED) is 0.526. The number of ether oxygens (including phenoxy) is 1. The molecule has 5 heteroatoms. The molecule has 2 heterocycles. The van der Waals surface area contributed by atoms with Crippen molar-refractivity contribution in [3.63, 3.8) is 0 Å². The fraction of sp³-hybridized carbons (Fsp3) is 0.588. The molecule has 4 nitrogen and oxygen atoms in total. The molecule has 2 bridgehead atoms. The number of halogens is 1. The molecule has 1 saturated carbocycles. The van der Waals surface area contributed by atoms with Gasteiger partial charge < -0.3 is 14.7 Å². The van der Waals surface area contributed by atoms with E-state index in [0.29, 0.717) is 18.2 Å². The predicted molar refractivity (Wildman–Crippen MR) is 89.9 cm³/mol. The lowest BCUT2D eigenvalue weighted by atomic mass is 9.51. The van der Waals surface area contributed by atoms with Crippen molar-refractivity contribution in [2.75, 3.05) is 13.6 Å². The Bertz CT molecular complexity index is 720. The van der Waals surface area contributed by atoms with Crippen LogP contribution in [-0.4, -0.2) is 44.9 Å². The zero-order valence-corrected chi connectivity index (χ0v) is 14.6. The van der Waals surface area contributed by atoms with Gasteiger partial charge in [0.1, 0.15) is 0 Å². The molecule has 3 unspecified atom stereocenters. The number of piperidine rings is 1. The van der Waals surface area contributed by atoms with E-state index < -0.39 is 6.10 Å². The topological polar surface area (TPSA) is 49.8 Å². The third-order valence-electron chi connectivity index (χ3n) is 6.45. The Labute approximate surface area is 143 Å². The number of rotatable bonds is 0. The van der Waals surface area contributed by atoms with E-state index in [4.69, 9.17) is 4.74 Å². The lowest BCUT2D eigenvalue weighted by molar-refractivity contribution is -0.135. The highest BCUT2D eigenvalue weighted by atomic mass is 127. The number of benzene rings is 1. The van der Waals surface area contributed by atoms with E-state index in [0.717, 1.165) is 31.4 Å². The number of hydrogen-bond donors (Lipinski definition) is 1. The van der Waals surface area contributed by atoms with E-state index in [1.807, 2.05) is 6.07 Å². The molecule has 1 aromatic carbocycles. The summed E-state index contributed by atoms with van der Waals surface area (Å²) in [5, 5.41) is 10.3. The summed E-state index contributed by atoms with van der Waals surface area (Å²) >= 11 is 2.62. The van der Waals surface area contributed by atoms with Crippen LogP contribution in [0.3, 0.4) is 0 Å². The fourth-order valence-electron chi connectivity index (χ4n) is 5.48. The highest BCUT2D eigenvalue weighted by molar-refractivity contribution is 14.1. The monoisotopic (exact) mass is 411 g/mol. The first-order valence-electron chi connectivity index (χ1n) is 7.93. The zero-order chi connectivity index (χ0) is 15.3. The Morgan fingerprint density at radius 2 is 2.23 bits per heavy atom. The first kappa shape index (κ1) is 13.6. The van der Waals surface area contributed by atoms with Crippen LogP contribution in [-0.2, 0) is 16.6 Å². The molecule has 1 saturated heterocycles. The van der Waals surface area contributed by atoms with Crippen molar-refractivity contribution >= 4 is 28.4 Å². The van der Waals surface area contributed by atoms with Gasteiger partial charge in [0, 0.05) is 18.0 Å². The normalized spacial score (nSPS) is 42.0. The second-order valence-electron chi connectivity index (χ2n) is 7.20. The summed E-state index contributed by atoms with van der Waals surface area (Å²) in [4.78, 5) is 15.1. The molecule has 1 spiro atoms. The molecule has 4 aliphatic rings. The van der Waals surface area contributed by atoms with E-state index in [-0.39, 0.29) is 20.4 Å². The number of nitrogens with zero attached hydrogens (tertiary/aromatic N) is 1. The average Bonchev–Trinajstić information content (AvgIpc) is 2.85. The van der Waals surface area contributed by atoms with E-state index in [1.165, 1.54) is 5.56 Å². The third-order valence-corrected chi connectivity index (χ3v) is 8.68. The van der Waals surface area contributed by atoms with Gasteiger partial charge in [0.25, 0.3) is 0 Å². The first-order chi connectivity index (χ1) is 10.5. The van der Waals surface area contributed by atoms with Gasteiger partial charge in [-0.05, 0) is 44.5 Å². The van der Waals surface area contributed by atoms with Gasteiger partial charge in [0.05, 0.1) is 8.84 Å². The molecule has 1 aromatic rings. The Morgan fingerprint density at radius 1 is 1.41 bits per heavy atom. The number of ketones is 1. The van der Waals surface area contributed by atoms with Crippen LogP contribution in [0.25, 0.3) is 0 Å². The SMILES string of the molecule is CN1CC[C@]23c4c5ccc(O)c4OC2C(=O)CCC3(I)C1C5. The summed E-state index contributed by atoms with van der Waals surface area (Å²) in [5.74, 6) is 0.979. The summed E-state index contributed by atoms with van der Waals surface area (Å²) in [6.45, 7) is 0.983. The van der Waals surface area contributed by atoms with E-state index in [2.05, 4.69) is 34.5 Å². The average molecular weight is 411 g/mol. The molecule has 22 heavy (non-hydrogen) atoms. The van der Waals surface area contributed by atoms with Gasteiger partial charge in [0.15, 0.2) is 23.4 Å². The molecule has 4 atom stereocenters. The molecule has 2 fully saturated rings. The maximum Gasteiger partial charge on any atom is 0.174 e. The number of likely N-dealkylation sites (N-methyl/N-ethyl adjacent to an activating group) is 1. The van der Waals surface area contributed by atoms with Crippen molar-refractivity contribution in [1.82, 2.24) is 4.90 Å². The molecule has 2 aliphatic heterocycles. The van der Waals surface area contributed by atoms with Gasteiger partial charge in [0.2, 0.25) is 0 Å². The number of carbonyl (C=O) groups is 1. The molecule has 116 valence electrons. The van der Waals surface area contributed by atoms with Crippen LogP contribution in [0.1, 0.15) is 30.4 Å². The summed E-state index contributed by atoms with van der Waals surface area (Å²) in [7, 11) is 2.20. The molecule has 0 aromatic heterocycles. The van der Waals surface area contributed by atoms with E-state index >= 15 is 0 Å². The number of alkyl halides is 1. The first-order valence-corrected chi connectivity index (χ1v) is 9.01. The molecule has 1 N–H and O–H groups in total. The Kier molecular flexibility index (Phi) is 2.46. The van der Waals surface area contributed by atoms with Crippen molar-refractivity contribution < 1.29 is 14.6 Å². The lowest BCUT2D eigenvalue weighted by Crippen LogP contribution is -2.73. The minimum atomic E-state index is -0.406. The predicted octanol–water partition coefficient (Wildman–Crippen LogP) is 2.19. The number of likely N-dealkylation sites (tertiary alicyclic amines) is 1. The van der Waals surface area contributed by atoms with Gasteiger partial charge in [-0.1, -0.05) is 28.7 Å². The minimum absolute atomic E-state index is 0.0163. The zero-order valence-electron chi connectivity index (χ0n) is 12.4. The van der Waals surface area contributed by atoms with Gasteiger partial charge >= 0.3 is 0 Å². The van der Waals surface area contributed by atoms with Crippen LogP contribution in [0.15, 0.2) is 12.1 Å². The van der Waals surface area contributed by atoms with Crippen LogP contribution >= 0.6 is 22.6 Å². The van der Waals surface area contributed by atoms with Crippen molar-refractivity contribution in [2.24, 2.45) is 0 Å². The van der Waals surface area contributed by atoms with Crippen LogP contribution in [0, 0.1) is 0 Å². The molecular formula is C17H18INO3. The van der Waals surface area contributed by atoms with Gasteiger partial charge in [-0.2, -0.15) is 0 Å². The number of Topliss-reactive ketones (excluding diaryl/α,β-unsaturated/α-hetero) is 1. The molecule has 2 aliphatic carbocycles. The minimum Gasteiger partial charge on any atom is -0.504 e. The van der Waals surface area contributed by atoms with Crippen molar-refractivity contribution in [1.29, 1.82) is 0 Å². The lowest BCUT2D eigenvalue weighted by Gasteiger charge is -2.62. The van der Waals surface area contributed by atoms with Crippen LogP contribution in [0.4, 0.5) is 0 Å². The van der Waals surface area contributed by atoms with Crippen LogP contribution in [0.2, 0.25) is 0 Å². The highest BCUT2D eigenvalue weighted by Gasteiger charge is 2.72. The maximum absolute atomic E-state index is 12.6. The van der Waals surface area contributed by atoms with E-state index in [1.54, 1.807) is 6.07 Å². The maximum atomic E-state index is 12.6. The summed E-state index contributed by atoms with van der Waals surface area (Å²) < 4.78 is 6.12. The van der Waals surface area contributed by atoms with Crippen molar-refractivity contribution in [2.45, 2.75) is 46.7 Å². The van der Waals surface area contributed by atoms with Crippen LogP contribution < -0.4 is 4.74 Å². The summed E-state index contributed by atoms with van der Waals surface area (Å²) in [6.07, 6.45) is 3.01. The number of phenolic OH excluding ortho intramolecular Hbond substituents is 1. The fourth-order valence-corrected chi connectivity index (χ4v) is 7.27. The third kappa shape index (κ3) is 1.25. The van der Waals surface area contributed by atoms with Crippen molar-refractivity contribution in [3.05, 3.63) is 23.3 Å². The highest BCUT2D eigenvalue weighted by Crippen LogP contribution is 2.67. The number of carbonyl (C=O) groups excluding carboxylic acids is 1. The Hall–Kier alpha value is -0.820. The number of hydrogen-bond acceptors (Lipinski definition) is 4. The number of aromatic hydroxyl groups is 1. The Morgan fingerprint density at radius 3 is 3.05 bits per heavy atom. The van der Waals surface area contributed by atoms with Crippen LogP contribution in [0.5, 0.6) is 11.5 Å². The summed E-state index contributed by atoms with van der Waals surface area (Å²) in [5.41, 5.74) is 2.15. The van der Waals surface area contributed by atoms with Gasteiger partial charge in [-0.15, -0.1) is 0 Å². The molecule has 0 amide bonds. The van der Waals surface area contributed by atoms with Gasteiger partial charge in [-0.25, -0.2) is 0 Å². The number of phenols is 1. The molecular weight excluding hydrogens is 393 g/mol. The van der Waals surface area contributed by atoms with Crippen molar-refractivity contribution in [3.8, 4) is 11.5 Å². The second kappa shape index (κ2) is 3.98. The van der Waals surface area contributed by atoms with Gasteiger partial charge in [-0.3, -0.25) is 4.79 Å².